The number of halogens is 3. The fraction of sp³-hybridized carbons (Fsp3) is 0.222. The first-order valence-electron chi connectivity index (χ1n) is 7.72. The monoisotopic (exact) mass is 395 g/mol. The van der Waals surface area contributed by atoms with E-state index in [9.17, 15) is 8.78 Å². The summed E-state index contributed by atoms with van der Waals surface area (Å²) in [5.41, 5.74) is 5.44. The van der Waals surface area contributed by atoms with Crippen LogP contribution in [-0.4, -0.2) is 24.3 Å². The first-order chi connectivity index (χ1) is 12.5. The van der Waals surface area contributed by atoms with Gasteiger partial charge >= 0.3 is 0 Å². The number of aliphatic imine (C=N–C) groups is 2. The van der Waals surface area contributed by atoms with Crippen molar-refractivity contribution < 1.29 is 13.5 Å². The van der Waals surface area contributed by atoms with Crippen molar-refractivity contribution in [1.82, 2.24) is 0 Å². The van der Waals surface area contributed by atoms with Crippen LogP contribution >= 0.6 is 23.4 Å². The molecule has 0 saturated carbocycles. The Kier molecular flexibility index (Phi) is 5.60. The van der Waals surface area contributed by atoms with Gasteiger partial charge in [-0.3, -0.25) is 4.99 Å². The zero-order valence-corrected chi connectivity index (χ0v) is 15.4. The van der Waals surface area contributed by atoms with E-state index in [0.29, 0.717) is 16.3 Å². The molecule has 1 aliphatic heterocycles. The largest absolute Gasteiger partial charge is 0.390 e. The van der Waals surface area contributed by atoms with Crippen LogP contribution in [0.15, 0.2) is 52.4 Å². The van der Waals surface area contributed by atoms with E-state index in [-0.39, 0.29) is 17.4 Å². The van der Waals surface area contributed by atoms with Crippen molar-refractivity contribution in [3.8, 4) is 0 Å². The number of benzene rings is 2. The van der Waals surface area contributed by atoms with Crippen LogP contribution in [-0.2, 0) is 10.3 Å². The van der Waals surface area contributed by atoms with E-state index in [1.54, 1.807) is 24.3 Å². The SMILES string of the molecule is CSC(=NC[C@]1(c2ccc(F)cc2)O[C@@H]1c1cccc(Cl)c1F)/N=C\N. The molecular formula is C18H16ClF2N3OS. The number of hydrogen-bond acceptors (Lipinski definition) is 3. The third-order valence-electron chi connectivity index (χ3n) is 4.11. The number of epoxide rings is 1. The summed E-state index contributed by atoms with van der Waals surface area (Å²) in [6, 6.07) is 10.6. The summed E-state index contributed by atoms with van der Waals surface area (Å²) in [6.45, 7) is 0.183. The maximum Gasteiger partial charge on any atom is 0.184 e. The zero-order valence-electron chi connectivity index (χ0n) is 13.8. The topological polar surface area (TPSA) is 63.3 Å². The molecule has 2 atom stereocenters. The summed E-state index contributed by atoms with van der Waals surface area (Å²) in [6.07, 6.45) is 2.39. The van der Waals surface area contributed by atoms with Gasteiger partial charge in [-0.05, 0) is 30.0 Å². The fourth-order valence-electron chi connectivity index (χ4n) is 2.78. The minimum absolute atomic E-state index is 0.0204. The van der Waals surface area contributed by atoms with Crippen LogP contribution < -0.4 is 5.73 Å². The predicted molar refractivity (Wildman–Crippen MR) is 102 cm³/mol. The van der Waals surface area contributed by atoms with Gasteiger partial charge in [0.05, 0.1) is 17.9 Å². The van der Waals surface area contributed by atoms with Crippen molar-refractivity contribution in [3.63, 3.8) is 0 Å². The number of amidine groups is 1. The lowest BCUT2D eigenvalue weighted by atomic mass is 9.91. The van der Waals surface area contributed by atoms with Crippen LogP contribution in [0.3, 0.4) is 0 Å². The van der Waals surface area contributed by atoms with Crippen molar-refractivity contribution in [1.29, 1.82) is 0 Å². The average molecular weight is 396 g/mol. The minimum Gasteiger partial charge on any atom is -0.390 e. The van der Waals surface area contributed by atoms with Gasteiger partial charge in [0, 0.05) is 5.56 Å². The van der Waals surface area contributed by atoms with Crippen molar-refractivity contribution >= 4 is 34.9 Å². The molecule has 8 heteroatoms. The van der Waals surface area contributed by atoms with Crippen LogP contribution in [0, 0.1) is 11.6 Å². The molecule has 0 unspecified atom stereocenters. The van der Waals surface area contributed by atoms with E-state index in [0.717, 1.165) is 6.34 Å². The number of nitrogens with two attached hydrogens (primary N) is 1. The Balaban J connectivity index is 1.99. The molecule has 0 aliphatic carbocycles. The molecule has 1 saturated heterocycles. The van der Waals surface area contributed by atoms with Gasteiger partial charge in [0.25, 0.3) is 0 Å². The van der Waals surface area contributed by atoms with Crippen LogP contribution in [0.2, 0.25) is 5.02 Å². The maximum absolute atomic E-state index is 14.4. The third kappa shape index (κ3) is 3.60. The second kappa shape index (κ2) is 7.73. The van der Waals surface area contributed by atoms with Crippen LogP contribution in [0.25, 0.3) is 0 Å². The minimum atomic E-state index is -0.912. The Bertz CT molecular complexity index is 860. The van der Waals surface area contributed by atoms with Crippen LogP contribution in [0.5, 0.6) is 0 Å². The second-order valence-corrected chi connectivity index (χ2v) is 6.80. The summed E-state index contributed by atoms with van der Waals surface area (Å²) < 4.78 is 33.7. The van der Waals surface area contributed by atoms with Gasteiger partial charge < -0.3 is 10.5 Å². The Morgan fingerprint density at radius 1 is 1.31 bits per heavy atom. The smallest absolute Gasteiger partial charge is 0.184 e. The van der Waals surface area contributed by atoms with Gasteiger partial charge in [-0.2, -0.15) is 0 Å². The van der Waals surface area contributed by atoms with Gasteiger partial charge in [0.15, 0.2) is 5.17 Å². The van der Waals surface area contributed by atoms with Gasteiger partial charge in [-0.1, -0.05) is 47.6 Å². The van der Waals surface area contributed by atoms with Crippen molar-refractivity contribution in [2.75, 3.05) is 12.8 Å². The molecule has 0 aromatic heterocycles. The number of ether oxygens (including phenoxy) is 1. The normalized spacial score (nSPS) is 22.8. The first kappa shape index (κ1) is 18.8. The fourth-order valence-corrected chi connectivity index (χ4v) is 3.33. The maximum atomic E-state index is 14.4. The molecular weight excluding hydrogens is 380 g/mol. The van der Waals surface area contributed by atoms with Gasteiger partial charge in [0.2, 0.25) is 0 Å². The Labute approximate surface area is 159 Å². The summed E-state index contributed by atoms with van der Waals surface area (Å²) in [7, 11) is 0. The van der Waals surface area contributed by atoms with E-state index in [1.165, 1.54) is 30.0 Å². The van der Waals surface area contributed by atoms with Crippen LogP contribution in [0.4, 0.5) is 8.78 Å². The molecule has 2 aromatic rings. The molecule has 4 nitrogen and oxygen atoms in total. The Morgan fingerprint density at radius 2 is 2.04 bits per heavy atom. The van der Waals surface area contributed by atoms with Crippen molar-refractivity contribution in [2.24, 2.45) is 15.7 Å². The molecule has 3 rings (SSSR count). The highest BCUT2D eigenvalue weighted by atomic mass is 35.5. The number of rotatable bonds is 4. The van der Waals surface area contributed by atoms with Crippen molar-refractivity contribution in [3.05, 3.63) is 70.2 Å². The Morgan fingerprint density at radius 3 is 2.69 bits per heavy atom. The summed E-state index contributed by atoms with van der Waals surface area (Å²) in [5, 5.41) is 0.488. The lowest BCUT2D eigenvalue weighted by Gasteiger charge is -2.12. The zero-order chi connectivity index (χ0) is 18.7. The molecule has 2 N–H and O–H groups in total. The van der Waals surface area contributed by atoms with Gasteiger partial charge in [-0.15, -0.1) is 0 Å². The van der Waals surface area contributed by atoms with E-state index in [2.05, 4.69) is 9.98 Å². The molecule has 0 radical (unpaired) electrons. The molecule has 136 valence electrons. The molecule has 0 spiro atoms. The van der Waals surface area contributed by atoms with Gasteiger partial charge in [-0.25, -0.2) is 13.8 Å². The average Bonchev–Trinajstić information content (AvgIpc) is 3.37. The molecule has 26 heavy (non-hydrogen) atoms. The number of thioether (sulfide) groups is 1. The quantitative estimate of drug-likeness (QED) is 0.477. The molecule has 0 bridgehead atoms. The molecule has 1 fully saturated rings. The molecule has 0 amide bonds. The third-order valence-corrected chi connectivity index (χ3v) is 5.00. The highest BCUT2D eigenvalue weighted by molar-refractivity contribution is 8.13. The van der Waals surface area contributed by atoms with E-state index in [4.69, 9.17) is 22.1 Å². The lowest BCUT2D eigenvalue weighted by Crippen LogP contribution is -2.16. The summed E-state index contributed by atoms with van der Waals surface area (Å²) in [4.78, 5) is 8.39. The highest BCUT2D eigenvalue weighted by Gasteiger charge is 2.59. The molecule has 1 heterocycles. The predicted octanol–water partition coefficient (Wildman–Crippen LogP) is 4.29. The molecule has 1 aliphatic rings. The number of hydrogen-bond donors (Lipinski definition) is 1. The van der Waals surface area contributed by atoms with Crippen LogP contribution in [0.1, 0.15) is 17.2 Å². The van der Waals surface area contributed by atoms with E-state index >= 15 is 0 Å². The van der Waals surface area contributed by atoms with E-state index in [1.807, 2.05) is 6.26 Å². The summed E-state index contributed by atoms with van der Waals surface area (Å²) in [5.74, 6) is -0.895. The Hall–Kier alpha value is -1.96. The first-order valence-corrected chi connectivity index (χ1v) is 9.32. The molecule has 2 aromatic carbocycles. The van der Waals surface area contributed by atoms with Crippen molar-refractivity contribution in [2.45, 2.75) is 11.7 Å². The summed E-state index contributed by atoms with van der Waals surface area (Å²) >= 11 is 7.22. The second-order valence-electron chi connectivity index (χ2n) is 5.62. The standard InChI is InChI=1S/C18H16ClF2N3OS/c1-26-17(24-10-22)23-9-18(11-5-7-12(20)8-6-11)16(25-18)13-3-2-4-14(19)15(13)21/h2-8,10,16H,9H2,1H3,(H2,22,23,24)/t16-,18-/m1/s1. The lowest BCUT2D eigenvalue weighted by molar-refractivity contribution is 0.301. The number of nitrogens with zero attached hydrogens (tertiary/aromatic N) is 2. The van der Waals surface area contributed by atoms with Gasteiger partial charge in [0.1, 0.15) is 23.3 Å². The highest BCUT2D eigenvalue weighted by Crippen LogP contribution is 2.58. The van der Waals surface area contributed by atoms with E-state index < -0.39 is 17.5 Å².